The molecule has 0 aliphatic rings. The zero-order chi connectivity index (χ0) is 15.7. The third-order valence-electron chi connectivity index (χ3n) is 3.43. The zero-order valence-electron chi connectivity index (χ0n) is 13.0. The molecular formula is C16H17N3O2. The molecule has 0 aliphatic heterocycles. The van der Waals surface area contributed by atoms with E-state index in [-0.39, 0.29) is 5.56 Å². The lowest BCUT2D eigenvalue weighted by Gasteiger charge is -2.07. The Kier molecular flexibility index (Phi) is 3.16. The Morgan fingerprint density at radius 1 is 1.48 bits per heavy atom. The average Bonchev–Trinajstić information content (AvgIpc) is 2.88. The molecule has 0 radical (unpaired) electrons. The van der Waals surface area contributed by atoms with Crippen molar-refractivity contribution in [3.63, 3.8) is 0 Å². The third kappa shape index (κ3) is 2.67. The van der Waals surface area contributed by atoms with Crippen LogP contribution in [0, 0.1) is 6.92 Å². The van der Waals surface area contributed by atoms with Gasteiger partial charge in [0.1, 0.15) is 11.2 Å². The van der Waals surface area contributed by atoms with Gasteiger partial charge in [0, 0.05) is 5.69 Å². The number of oxazole rings is 1. The van der Waals surface area contributed by atoms with Crippen molar-refractivity contribution in [1.82, 2.24) is 9.97 Å². The van der Waals surface area contributed by atoms with Crippen LogP contribution in [-0.4, -0.2) is 9.97 Å². The average molecular weight is 285 g/mol. The molecule has 0 spiro atoms. The first-order chi connectivity index (χ1) is 10.6. The fourth-order valence-electron chi connectivity index (χ4n) is 2.28. The molecule has 5 heteroatoms. The molecule has 3 rings (SSSR count). The van der Waals surface area contributed by atoms with E-state index in [1.807, 2.05) is 19.9 Å². The Morgan fingerprint density at radius 2 is 2.33 bits per heavy atom. The van der Waals surface area contributed by atoms with Crippen molar-refractivity contribution >= 4 is 16.8 Å². The quantitative estimate of drug-likeness (QED) is 0.773. The number of para-hydroxylation sites is 2. The second-order valence-corrected chi connectivity index (χ2v) is 4.87. The summed E-state index contributed by atoms with van der Waals surface area (Å²) in [7, 11) is 0. The minimum Gasteiger partial charge on any atom is -0.439 e. The minimum absolute atomic E-state index is 0.153. The molecule has 0 fully saturated rings. The van der Waals surface area contributed by atoms with E-state index in [9.17, 15) is 4.79 Å². The summed E-state index contributed by atoms with van der Waals surface area (Å²) >= 11 is 0. The molecule has 0 unspecified atom stereocenters. The summed E-state index contributed by atoms with van der Waals surface area (Å²) in [5.41, 5.74) is 3.63. The first-order valence-electron chi connectivity index (χ1n) is 7.39. The maximum absolute atomic E-state index is 12.0. The number of aromatic nitrogens is 2. The van der Waals surface area contributed by atoms with Gasteiger partial charge in [-0.3, -0.25) is 4.79 Å². The maximum atomic E-state index is 12.0. The highest BCUT2D eigenvalue weighted by atomic mass is 16.3. The normalized spacial score (nSPS) is 11.6. The molecule has 0 atom stereocenters. The molecule has 0 aliphatic carbocycles. The van der Waals surface area contributed by atoms with Gasteiger partial charge >= 0.3 is 0 Å². The molecule has 1 aromatic carbocycles. The van der Waals surface area contributed by atoms with Crippen LogP contribution in [0.15, 0.2) is 39.5 Å². The number of nitrogens with zero attached hydrogens (tertiary/aromatic N) is 1. The van der Waals surface area contributed by atoms with Crippen LogP contribution in [0.3, 0.4) is 0 Å². The van der Waals surface area contributed by atoms with Gasteiger partial charge in [-0.25, -0.2) is 4.98 Å². The smallest absolute Gasteiger partial charge is 0.271 e. The van der Waals surface area contributed by atoms with Crippen molar-refractivity contribution in [1.29, 1.82) is 0 Å². The number of H-pyrrole nitrogens is 1. The van der Waals surface area contributed by atoms with Crippen LogP contribution in [-0.2, 0) is 13.0 Å². The topological polar surface area (TPSA) is 70.9 Å². The first-order valence-corrected chi connectivity index (χ1v) is 6.89. The number of hydrogen-bond donors (Lipinski definition) is 2. The van der Waals surface area contributed by atoms with Gasteiger partial charge in [-0.15, -0.1) is 0 Å². The molecule has 0 bridgehead atoms. The molecule has 5 nitrogen and oxygen atoms in total. The van der Waals surface area contributed by atoms with Gasteiger partial charge in [0.2, 0.25) is 5.89 Å². The van der Waals surface area contributed by atoms with Gasteiger partial charge in [0.15, 0.2) is 5.58 Å². The predicted molar refractivity (Wildman–Crippen MR) is 82.5 cm³/mol. The van der Waals surface area contributed by atoms with E-state index in [1.165, 1.54) is 0 Å². The van der Waals surface area contributed by atoms with E-state index in [4.69, 9.17) is 5.79 Å². The zero-order valence-corrected chi connectivity index (χ0v) is 12.0. The Bertz CT molecular complexity index is 883. The SMILES string of the molecule is [3H]c1ccc2oc(CNc3cc(CC)c(C)[nH]c3=O)nc2c1. The fraction of sp³-hybridized carbons (Fsp3) is 0.250. The second-order valence-electron chi connectivity index (χ2n) is 4.87. The maximum Gasteiger partial charge on any atom is 0.271 e. The van der Waals surface area contributed by atoms with E-state index < -0.39 is 0 Å². The Balaban J connectivity index is 1.83. The van der Waals surface area contributed by atoms with Gasteiger partial charge in [-0.2, -0.15) is 0 Å². The molecule has 0 amide bonds. The number of aryl methyl sites for hydroxylation is 2. The monoisotopic (exact) mass is 285 g/mol. The van der Waals surface area contributed by atoms with Crippen LogP contribution in [0.4, 0.5) is 5.69 Å². The summed E-state index contributed by atoms with van der Waals surface area (Å²) in [6, 6.07) is 7.28. The molecule has 2 aromatic heterocycles. The van der Waals surface area contributed by atoms with Gasteiger partial charge in [-0.1, -0.05) is 19.0 Å². The van der Waals surface area contributed by atoms with Gasteiger partial charge < -0.3 is 14.7 Å². The number of nitrogens with one attached hydrogen (secondary N) is 2. The molecular weight excluding hydrogens is 266 g/mol. The standard InChI is InChI=1S/C16H17N3O2/c1-3-11-8-13(16(20)18-10(11)2)17-9-15-19-12-6-4-5-7-14(12)21-15/h4-8,17H,3,9H2,1-2H3,(H,18,20)/i4T. The van der Waals surface area contributed by atoms with Crippen LogP contribution in [0.1, 0.15) is 25.4 Å². The second kappa shape index (κ2) is 5.44. The number of aromatic amines is 1. The Morgan fingerprint density at radius 3 is 3.14 bits per heavy atom. The lowest BCUT2D eigenvalue weighted by atomic mass is 10.1. The van der Waals surface area contributed by atoms with E-state index in [1.54, 1.807) is 18.2 Å². The summed E-state index contributed by atoms with van der Waals surface area (Å²) in [4.78, 5) is 19.1. The lowest BCUT2D eigenvalue weighted by Crippen LogP contribution is -2.16. The van der Waals surface area contributed by atoms with Crippen molar-refractivity contribution in [2.24, 2.45) is 0 Å². The summed E-state index contributed by atoms with van der Waals surface area (Å²) < 4.78 is 13.2. The van der Waals surface area contributed by atoms with Crippen molar-refractivity contribution in [3.05, 3.63) is 57.8 Å². The number of hydrogen-bond acceptors (Lipinski definition) is 4. The molecule has 21 heavy (non-hydrogen) atoms. The van der Waals surface area contributed by atoms with Crippen LogP contribution in [0.5, 0.6) is 0 Å². The van der Waals surface area contributed by atoms with Crippen LogP contribution >= 0.6 is 0 Å². The minimum atomic E-state index is -0.153. The predicted octanol–water partition coefficient (Wildman–Crippen LogP) is 3.00. The van der Waals surface area contributed by atoms with Crippen molar-refractivity contribution in [2.75, 3.05) is 5.32 Å². The third-order valence-corrected chi connectivity index (χ3v) is 3.43. The van der Waals surface area contributed by atoms with Crippen molar-refractivity contribution in [3.8, 4) is 0 Å². The van der Waals surface area contributed by atoms with Gasteiger partial charge in [0.25, 0.3) is 5.56 Å². The van der Waals surface area contributed by atoms with Crippen LogP contribution < -0.4 is 10.9 Å². The number of benzene rings is 1. The molecule has 108 valence electrons. The van der Waals surface area contributed by atoms with Crippen LogP contribution in [0.25, 0.3) is 11.1 Å². The Labute approximate surface area is 123 Å². The summed E-state index contributed by atoms with van der Waals surface area (Å²) in [5, 5.41) is 3.06. The fourth-order valence-corrected chi connectivity index (χ4v) is 2.28. The Hall–Kier alpha value is -2.56. The van der Waals surface area contributed by atoms with E-state index in [2.05, 4.69) is 15.3 Å². The van der Waals surface area contributed by atoms with Gasteiger partial charge in [-0.05, 0) is 37.1 Å². The number of pyridine rings is 1. The number of rotatable bonds is 4. The number of anilines is 1. The molecule has 0 saturated heterocycles. The highest BCUT2D eigenvalue weighted by Crippen LogP contribution is 2.16. The van der Waals surface area contributed by atoms with E-state index in [0.29, 0.717) is 35.3 Å². The van der Waals surface area contributed by atoms with Crippen molar-refractivity contribution < 1.29 is 5.79 Å². The lowest BCUT2D eigenvalue weighted by molar-refractivity contribution is 0.540. The van der Waals surface area contributed by atoms with E-state index in [0.717, 1.165) is 17.7 Å². The summed E-state index contributed by atoms with van der Waals surface area (Å²) in [6.07, 6.45) is 0.854. The molecule has 0 saturated carbocycles. The number of fused-ring (bicyclic) bond motifs is 1. The highest BCUT2D eigenvalue weighted by Gasteiger charge is 2.08. The molecule has 3 aromatic rings. The van der Waals surface area contributed by atoms with Crippen LogP contribution in [0.2, 0.25) is 0 Å². The molecule has 2 heterocycles. The molecule has 2 N–H and O–H groups in total. The first kappa shape index (κ1) is 12.2. The largest absolute Gasteiger partial charge is 0.439 e. The van der Waals surface area contributed by atoms with Gasteiger partial charge in [0.05, 0.1) is 7.92 Å². The highest BCUT2D eigenvalue weighted by molar-refractivity contribution is 5.72. The van der Waals surface area contributed by atoms with Crippen molar-refractivity contribution in [2.45, 2.75) is 26.8 Å². The summed E-state index contributed by atoms with van der Waals surface area (Å²) in [5.74, 6) is 0.485. The summed E-state index contributed by atoms with van der Waals surface area (Å²) in [6.45, 7) is 4.25. The van der Waals surface area contributed by atoms with E-state index >= 15 is 0 Å².